The zero-order chi connectivity index (χ0) is 28.1. The monoisotopic (exact) mass is 532 g/mol. The van der Waals surface area contributed by atoms with Crippen LogP contribution >= 0.6 is 0 Å². The van der Waals surface area contributed by atoms with Gasteiger partial charge in [-0.3, -0.25) is 29.0 Å². The van der Waals surface area contributed by atoms with Crippen molar-refractivity contribution in [2.24, 2.45) is 16.5 Å². The summed E-state index contributed by atoms with van der Waals surface area (Å²) in [4.78, 5) is 78.3. The molecule has 0 unspecified atom stereocenters. The molecule has 1 aliphatic rings. The van der Waals surface area contributed by atoms with Gasteiger partial charge in [0.25, 0.3) is 0 Å². The summed E-state index contributed by atoms with van der Waals surface area (Å²) in [6.45, 7) is -0.965. The van der Waals surface area contributed by atoms with Gasteiger partial charge in [-0.1, -0.05) is 30.3 Å². The van der Waals surface area contributed by atoms with E-state index in [1.165, 1.54) is 0 Å². The molecule has 15 heteroatoms. The minimum atomic E-state index is -1.58. The molecule has 1 heterocycles. The summed E-state index contributed by atoms with van der Waals surface area (Å²) in [5, 5.41) is 21.2. The molecule has 1 aliphatic heterocycles. The maximum atomic E-state index is 13.2. The summed E-state index contributed by atoms with van der Waals surface area (Å²) in [5.74, 6) is -5.39. The van der Waals surface area contributed by atoms with Gasteiger partial charge in [-0.25, -0.2) is 4.79 Å². The van der Waals surface area contributed by atoms with Gasteiger partial charge in [-0.05, 0) is 18.4 Å². The lowest BCUT2D eigenvalue weighted by molar-refractivity contribution is -0.143. The minimum Gasteiger partial charge on any atom is -0.480 e. The first-order chi connectivity index (χ1) is 18.0. The molecule has 1 aromatic rings. The van der Waals surface area contributed by atoms with E-state index < -0.39 is 73.1 Å². The van der Waals surface area contributed by atoms with E-state index in [1.54, 1.807) is 30.3 Å². The largest absolute Gasteiger partial charge is 0.480 e. The van der Waals surface area contributed by atoms with Crippen molar-refractivity contribution in [2.75, 3.05) is 19.6 Å². The molecule has 1 aromatic carbocycles. The van der Waals surface area contributed by atoms with Crippen LogP contribution in [0, 0.1) is 0 Å². The van der Waals surface area contributed by atoms with Crippen LogP contribution in [0.2, 0.25) is 0 Å². The fraction of sp³-hybridized carbons (Fsp3) is 0.435. The number of guanidine groups is 1. The predicted octanol–water partition coefficient (Wildman–Crippen LogP) is -3.54. The number of carbonyl (C=O) groups is 6. The molecule has 0 spiro atoms. The van der Waals surface area contributed by atoms with Gasteiger partial charge in [0.1, 0.15) is 18.1 Å². The van der Waals surface area contributed by atoms with Gasteiger partial charge >= 0.3 is 5.97 Å². The number of rotatable bonds is 7. The lowest BCUT2D eigenvalue weighted by Crippen LogP contribution is -2.57. The number of nitrogens with two attached hydrogens (primary N) is 2. The molecule has 5 amide bonds. The van der Waals surface area contributed by atoms with Crippen LogP contribution in [0.15, 0.2) is 35.3 Å². The standard InChI is InChI=1S/C23H32N8O7/c24-23(25)26-8-4-7-14-21(36)31-15(9-13-5-2-1-3-6-13)20(35)28-12-19(34)30-16(22(37)38)10-17(32)27-11-18(33)29-14/h1-3,5-6,14-16H,4,7-12H2,(H,27,32)(H,28,35)(H,29,33)(H,30,34)(H,31,36)(H,37,38)(H4,24,25,26)/t14-,15-,16-/m0/s1. The number of amides is 5. The highest BCUT2D eigenvalue weighted by atomic mass is 16.4. The number of benzene rings is 1. The van der Waals surface area contributed by atoms with E-state index in [0.29, 0.717) is 12.0 Å². The van der Waals surface area contributed by atoms with Crippen LogP contribution in [0.4, 0.5) is 0 Å². The van der Waals surface area contributed by atoms with Crippen molar-refractivity contribution in [3.05, 3.63) is 35.9 Å². The van der Waals surface area contributed by atoms with Gasteiger partial charge < -0.3 is 43.2 Å². The molecule has 0 saturated carbocycles. The van der Waals surface area contributed by atoms with Crippen molar-refractivity contribution < 1.29 is 33.9 Å². The highest BCUT2D eigenvalue weighted by molar-refractivity contribution is 5.96. The lowest BCUT2D eigenvalue weighted by Gasteiger charge is -2.24. The quantitative estimate of drug-likeness (QED) is 0.0982. The van der Waals surface area contributed by atoms with Crippen molar-refractivity contribution in [3.8, 4) is 0 Å². The average molecular weight is 533 g/mol. The molecule has 0 aromatic heterocycles. The van der Waals surface area contributed by atoms with Gasteiger partial charge in [0.15, 0.2) is 5.96 Å². The van der Waals surface area contributed by atoms with Crippen LogP contribution in [0.3, 0.4) is 0 Å². The second kappa shape index (κ2) is 14.8. The maximum absolute atomic E-state index is 13.2. The number of nitrogens with zero attached hydrogens (tertiary/aromatic N) is 1. The van der Waals surface area contributed by atoms with Crippen molar-refractivity contribution in [1.29, 1.82) is 0 Å². The molecule has 3 atom stereocenters. The Morgan fingerprint density at radius 1 is 0.868 bits per heavy atom. The maximum Gasteiger partial charge on any atom is 0.326 e. The molecule has 38 heavy (non-hydrogen) atoms. The molecule has 0 aliphatic carbocycles. The van der Waals surface area contributed by atoms with Crippen LogP contribution in [0.25, 0.3) is 0 Å². The Morgan fingerprint density at radius 2 is 1.53 bits per heavy atom. The van der Waals surface area contributed by atoms with Crippen molar-refractivity contribution in [1.82, 2.24) is 26.6 Å². The Labute approximate surface area is 218 Å². The third kappa shape index (κ3) is 10.5. The van der Waals surface area contributed by atoms with Gasteiger partial charge in [0.05, 0.1) is 19.5 Å². The summed E-state index contributed by atoms with van der Waals surface area (Å²) >= 11 is 0. The molecule has 1 saturated heterocycles. The number of nitrogens with one attached hydrogen (secondary N) is 5. The molecule has 0 bridgehead atoms. The fourth-order valence-electron chi connectivity index (χ4n) is 3.52. The smallest absolute Gasteiger partial charge is 0.326 e. The Bertz CT molecular complexity index is 1060. The van der Waals surface area contributed by atoms with E-state index in [2.05, 4.69) is 31.6 Å². The predicted molar refractivity (Wildman–Crippen MR) is 134 cm³/mol. The Kier molecular flexibility index (Phi) is 11.5. The van der Waals surface area contributed by atoms with Crippen LogP contribution in [-0.4, -0.2) is 84.3 Å². The number of hydrogen-bond donors (Lipinski definition) is 8. The molecule has 1 fully saturated rings. The van der Waals surface area contributed by atoms with E-state index in [4.69, 9.17) is 11.5 Å². The fourth-order valence-corrected chi connectivity index (χ4v) is 3.52. The second-order valence-corrected chi connectivity index (χ2v) is 8.48. The topological polar surface area (TPSA) is 247 Å². The first-order valence-electron chi connectivity index (χ1n) is 11.8. The molecule has 10 N–H and O–H groups in total. The van der Waals surface area contributed by atoms with Gasteiger partial charge in [0.2, 0.25) is 29.5 Å². The summed E-state index contributed by atoms with van der Waals surface area (Å²) < 4.78 is 0. The highest BCUT2D eigenvalue weighted by Gasteiger charge is 2.29. The highest BCUT2D eigenvalue weighted by Crippen LogP contribution is 2.06. The van der Waals surface area contributed by atoms with E-state index in [1.807, 2.05) is 0 Å². The molecular formula is C23H32N8O7. The zero-order valence-electron chi connectivity index (χ0n) is 20.6. The van der Waals surface area contributed by atoms with Crippen molar-refractivity contribution >= 4 is 41.5 Å². The second-order valence-electron chi connectivity index (χ2n) is 8.48. The Balaban J connectivity index is 2.29. The molecular weight excluding hydrogens is 500 g/mol. The number of carboxylic acid groups (broad SMARTS) is 1. The van der Waals surface area contributed by atoms with E-state index in [-0.39, 0.29) is 25.3 Å². The Hall–Kier alpha value is -4.69. The third-order valence-corrected chi connectivity index (χ3v) is 5.40. The molecule has 15 nitrogen and oxygen atoms in total. The summed E-state index contributed by atoms with van der Waals surface area (Å²) in [5.41, 5.74) is 11.3. The normalized spacial score (nSPS) is 21.7. The molecule has 206 valence electrons. The number of carbonyl (C=O) groups excluding carboxylic acids is 5. The average Bonchev–Trinajstić information content (AvgIpc) is 2.86. The number of carboxylic acids is 1. The molecule has 2 rings (SSSR count). The van der Waals surface area contributed by atoms with Crippen LogP contribution in [0.1, 0.15) is 24.8 Å². The van der Waals surface area contributed by atoms with E-state index in [0.717, 1.165) is 0 Å². The minimum absolute atomic E-state index is 0.0719. The summed E-state index contributed by atoms with van der Waals surface area (Å²) in [7, 11) is 0. The first kappa shape index (κ1) is 29.5. The van der Waals surface area contributed by atoms with Crippen molar-refractivity contribution in [2.45, 2.75) is 43.8 Å². The third-order valence-electron chi connectivity index (χ3n) is 5.40. The van der Waals surface area contributed by atoms with Crippen LogP contribution in [-0.2, 0) is 35.2 Å². The Morgan fingerprint density at radius 3 is 2.18 bits per heavy atom. The first-order valence-corrected chi connectivity index (χ1v) is 11.8. The SMILES string of the molecule is NC(N)=NCCC[C@@H]1NC(=O)CNC(=O)C[C@@H](C(=O)O)NC(=O)CNC(=O)[C@H](Cc2ccccc2)NC1=O. The van der Waals surface area contributed by atoms with Gasteiger partial charge in [-0.15, -0.1) is 0 Å². The van der Waals surface area contributed by atoms with Crippen molar-refractivity contribution in [3.63, 3.8) is 0 Å². The summed E-state index contributed by atoms with van der Waals surface area (Å²) in [6, 6.07) is 4.97. The van der Waals surface area contributed by atoms with Gasteiger partial charge in [-0.2, -0.15) is 0 Å². The molecule has 0 radical (unpaired) electrons. The van der Waals surface area contributed by atoms with Crippen LogP contribution < -0.4 is 38.1 Å². The lowest BCUT2D eigenvalue weighted by atomic mass is 10.0. The zero-order valence-corrected chi connectivity index (χ0v) is 20.6. The number of hydrogen-bond acceptors (Lipinski definition) is 7. The number of aliphatic carboxylic acids is 1. The van der Waals surface area contributed by atoms with Gasteiger partial charge in [0, 0.05) is 13.0 Å². The van der Waals surface area contributed by atoms with E-state index >= 15 is 0 Å². The number of aliphatic imine (C=N–C) groups is 1. The summed E-state index contributed by atoms with van der Waals surface area (Å²) in [6.07, 6.45) is -0.173. The van der Waals surface area contributed by atoms with Crippen LogP contribution in [0.5, 0.6) is 0 Å². The van der Waals surface area contributed by atoms with E-state index in [9.17, 15) is 33.9 Å².